The van der Waals surface area contributed by atoms with Crippen LogP contribution in [0.15, 0.2) is 65.2 Å². The third-order valence-electron chi connectivity index (χ3n) is 6.50. The maximum Gasteiger partial charge on any atom is 0.276 e. The van der Waals surface area contributed by atoms with E-state index in [1.165, 1.54) is 16.7 Å². The van der Waals surface area contributed by atoms with Crippen LogP contribution in [0.3, 0.4) is 0 Å². The van der Waals surface area contributed by atoms with Gasteiger partial charge in [0.25, 0.3) is 11.8 Å². The molecule has 1 unspecified atom stereocenters. The van der Waals surface area contributed by atoms with Gasteiger partial charge in [0.1, 0.15) is 29.0 Å². The first-order valence-corrected chi connectivity index (χ1v) is 13.1. The predicted octanol–water partition coefficient (Wildman–Crippen LogP) is -0.281. The number of aliphatic carboxylic acids is 1. The number of pyridine rings is 2. The predicted molar refractivity (Wildman–Crippen MR) is 132 cm³/mol. The maximum absolute atomic E-state index is 13.3. The molecule has 2 aromatic heterocycles. The SMILES string of the molecule is Nc1cccc(/C(=N/OC2CCCC2)C(=O)NC2C(=O)N3C(C(=O)[O-])=C(C[n+]4ccccc4)CS[C@H]23)n1. The minimum Gasteiger partial charge on any atom is -0.543 e. The van der Waals surface area contributed by atoms with Crippen LogP contribution in [-0.2, 0) is 25.8 Å². The lowest BCUT2D eigenvalue weighted by Gasteiger charge is -2.50. The van der Waals surface area contributed by atoms with Gasteiger partial charge in [-0.15, -0.1) is 11.8 Å². The zero-order chi connectivity index (χ0) is 25.9. The summed E-state index contributed by atoms with van der Waals surface area (Å²) in [6, 6.07) is 9.41. The van der Waals surface area contributed by atoms with E-state index in [0.717, 1.165) is 25.7 Å². The first-order valence-electron chi connectivity index (χ1n) is 12.0. The zero-order valence-corrected chi connectivity index (χ0v) is 20.7. The lowest BCUT2D eigenvalue weighted by molar-refractivity contribution is -0.689. The molecule has 5 rings (SSSR count). The Morgan fingerprint density at radius 2 is 1.97 bits per heavy atom. The molecule has 37 heavy (non-hydrogen) atoms. The number of carboxylic acid groups (broad SMARTS) is 1. The summed E-state index contributed by atoms with van der Waals surface area (Å²) in [4.78, 5) is 49.4. The molecule has 192 valence electrons. The number of thioether (sulfide) groups is 1. The second-order valence-electron chi connectivity index (χ2n) is 9.05. The number of hydrogen-bond donors (Lipinski definition) is 2. The lowest BCUT2D eigenvalue weighted by atomic mass is 10.0. The number of carbonyl (C=O) groups excluding carboxylic acids is 3. The molecule has 1 aliphatic carbocycles. The van der Waals surface area contributed by atoms with Gasteiger partial charge in [-0.25, -0.2) is 9.55 Å². The van der Waals surface area contributed by atoms with Crippen molar-refractivity contribution in [2.75, 3.05) is 11.5 Å². The first-order chi connectivity index (χ1) is 17.9. The first kappa shape index (κ1) is 24.8. The summed E-state index contributed by atoms with van der Waals surface area (Å²) >= 11 is 1.38. The number of rotatable bonds is 8. The fourth-order valence-corrected chi connectivity index (χ4v) is 6.01. The molecule has 0 aromatic carbocycles. The van der Waals surface area contributed by atoms with E-state index in [1.807, 2.05) is 35.2 Å². The van der Waals surface area contributed by atoms with Gasteiger partial charge in [0.2, 0.25) is 0 Å². The van der Waals surface area contributed by atoms with Crippen molar-refractivity contribution in [1.29, 1.82) is 0 Å². The van der Waals surface area contributed by atoms with Crippen LogP contribution in [0.1, 0.15) is 31.4 Å². The highest BCUT2D eigenvalue weighted by atomic mass is 32.2. The molecule has 3 N–H and O–H groups in total. The van der Waals surface area contributed by atoms with E-state index >= 15 is 0 Å². The van der Waals surface area contributed by atoms with Crippen molar-refractivity contribution < 1.29 is 28.9 Å². The van der Waals surface area contributed by atoms with Gasteiger partial charge in [-0.2, -0.15) is 0 Å². The average Bonchev–Trinajstić information content (AvgIpc) is 3.41. The molecule has 2 atom stereocenters. The van der Waals surface area contributed by atoms with E-state index in [9.17, 15) is 19.5 Å². The topological polar surface area (TPSA) is 154 Å². The van der Waals surface area contributed by atoms with Crippen LogP contribution in [0.5, 0.6) is 0 Å². The smallest absolute Gasteiger partial charge is 0.276 e. The van der Waals surface area contributed by atoms with E-state index in [1.54, 1.807) is 18.2 Å². The van der Waals surface area contributed by atoms with Crippen LogP contribution in [0.4, 0.5) is 5.82 Å². The molecule has 2 fully saturated rings. The summed E-state index contributed by atoms with van der Waals surface area (Å²) in [7, 11) is 0. The van der Waals surface area contributed by atoms with Crippen molar-refractivity contribution in [2.24, 2.45) is 5.16 Å². The van der Waals surface area contributed by atoms with E-state index < -0.39 is 29.2 Å². The van der Waals surface area contributed by atoms with Crippen LogP contribution in [0.2, 0.25) is 0 Å². The van der Waals surface area contributed by atoms with Gasteiger partial charge in [-0.3, -0.25) is 14.5 Å². The Kier molecular flexibility index (Phi) is 7.08. The van der Waals surface area contributed by atoms with Crippen molar-refractivity contribution in [3.05, 3.63) is 65.8 Å². The van der Waals surface area contributed by atoms with Gasteiger partial charge in [-0.1, -0.05) is 17.3 Å². The minimum atomic E-state index is -1.42. The summed E-state index contributed by atoms with van der Waals surface area (Å²) in [5.74, 6) is -2.03. The van der Waals surface area contributed by atoms with Gasteiger partial charge >= 0.3 is 0 Å². The Labute approximate surface area is 217 Å². The second kappa shape index (κ2) is 10.6. The molecule has 0 radical (unpaired) electrons. The zero-order valence-electron chi connectivity index (χ0n) is 19.9. The highest BCUT2D eigenvalue weighted by molar-refractivity contribution is 8.00. The van der Waals surface area contributed by atoms with Crippen LogP contribution in [0, 0.1) is 0 Å². The quantitative estimate of drug-likeness (QED) is 0.208. The monoisotopic (exact) mass is 522 g/mol. The number of aromatic nitrogens is 2. The highest BCUT2D eigenvalue weighted by Gasteiger charge is 2.53. The van der Waals surface area contributed by atoms with Crippen molar-refractivity contribution in [3.63, 3.8) is 0 Å². The molecule has 3 aliphatic rings. The fourth-order valence-electron chi connectivity index (χ4n) is 4.67. The number of carbonyl (C=O) groups is 3. The number of oxime groups is 1. The number of carboxylic acids is 1. The average molecular weight is 523 g/mol. The molecule has 11 nitrogen and oxygen atoms in total. The van der Waals surface area contributed by atoms with Crippen molar-refractivity contribution in [2.45, 2.75) is 49.7 Å². The number of nitrogens with two attached hydrogens (primary N) is 1. The Morgan fingerprint density at radius 1 is 1.22 bits per heavy atom. The van der Waals surface area contributed by atoms with Crippen molar-refractivity contribution in [1.82, 2.24) is 15.2 Å². The number of β-lactam (4-membered cyclic amide) rings is 1. The Bertz CT molecular complexity index is 1280. The van der Waals surface area contributed by atoms with Crippen molar-refractivity contribution >= 4 is 41.1 Å². The molecule has 1 saturated carbocycles. The van der Waals surface area contributed by atoms with Gasteiger partial charge in [0, 0.05) is 23.5 Å². The molecule has 0 bridgehead atoms. The minimum absolute atomic E-state index is 0.0877. The normalized spacial score (nSPS) is 21.9. The highest BCUT2D eigenvalue weighted by Crippen LogP contribution is 2.40. The number of fused-ring (bicyclic) bond motifs is 1. The molecular formula is C25H26N6O5S. The fraction of sp³-hybridized carbons (Fsp3) is 0.360. The number of hydrogen-bond acceptors (Lipinski definition) is 9. The third kappa shape index (κ3) is 5.15. The van der Waals surface area contributed by atoms with Gasteiger partial charge in [-0.05, 0) is 37.8 Å². The standard InChI is InChI=1S/C25H26N6O5S/c26-18-10-6-9-17(27-18)19(29-36-16-7-2-3-8-16)22(32)28-20-23(33)31-21(25(34)35)15(14-37-24(20)31)13-30-11-4-1-5-12-30/h1,4-6,9-12,16,20,24H,2-3,7-8,13-14H2,(H3-,26,27,28,32,34,35)/b29-19-/t20?,24-/m1/s1. The molecule has 2 aromatic rings. The van der Waals surface area contributed by atoms with E-state index in [2.05, 4.69) is 15.5 Å². The van der Waals surface area contributed by atoms with Gasteiger partial charge < -0.3 is 25.8 Å². The molecule has 2 aliphatic heterocycles. The molecule has 12 heteroatoms. The summed E-state index contributed by atoms with van der Waals surface area (Å²) < 4.78 is 1.83. The molecule has 2 amide bonds. The largest absolute Gasteiger partial charge is 0.543 e. The number of anilines is 1. The second-order valence-corrected chi connectivity index (χ2v) is 10.2. The van der Waals surface area contributed by atoms with E-state index in [0.29, 0.717) is 17.9 Å². The summed E-state index contributed by atoms with van der Waals surface area (Å²) in [5, 5.41) is 18.2. The van der Waals surface area contributed by atoms with Gasteiger partial charge in [0.15, 0.2) is 24.7 Å². The number of nitrogen functional groups attached to an aromatic ring is 1. The van der Waals surface area contributed by atoms with Crippen molar-refractivity contribution in [3.8, 4) is 0 Å². The van der Waals surface area contributed by atoms with Crippen LogP contribution >= 0.6 is 11.8 Å². The van der Waals surface area contributed by atoms with Crippen LogP contribution in [-0.4, -0.2) is 56.7 Å². The molecule has 1 saturated heterocycles. The molecule has 0 spiro atoms. The Balaban J connectivity index is 1.35. The lowest BCUT2D eigenvalue weighted by Crippen LogP contribution is -2.71. The maximum atomic E-state index is 13.3. The number of nitrogens with zero attached hydrogens (tertiary/aromatic N) is 4. The van der Waals surface area contributed by atoms with Crippen LogP contribution < -0.4 is 20.7 Å². The summed E-state index contributed by atoms with van der Waals surface area (Å²) in [5.41, 5.74) is 6.34. The number of nitrogens with one attached hydrogen (secondary N) is 1. The third-order valence-corrected chi connectivity index (χ3v) is 7.84. The van der Waals surface area contributed by atoms with E-state index in [4.69, 9.17) is 10.6 Å². The summed E-state index contributed by atoms with van der Waals surface area (Å²) in [6.07, 6.45) is 7.30. The van der Waals surface area contributed by atoms with Crippen LogP contribution in [0.25, 0.3) is 0 Å². The summed E-state index contributed by atoms with van der Waals surface area (Å²) in [6.45, 7) is 0.307. The number of amides is 2. The van der Waals surface area contributed by atoms with Gasteiger partial charge in [0.05, 0.1) is 11.7 Å². The Morgan fingerprint density at radius 3 is 2.68 bits per heavy atom. The van der Waals surface area contributed by atoms with E-state index in [-0.39, 0.29) is 29.0 Å². The molecular weight excluding hydrogens is 496 g/mol. The Hall–Kier alpha value is -3.93. The molecule has 4 heterocycles.